The van der Waals surface area contributed by atoms with Gasteiger partial charge in [-0.1, -0.05) is 22.9 Å². The molecule has 1 N–H and O–H groups in total. The van der Waals surface area contributed by atoms with Crippen LogP contribution in [-0.2, 0) is 0 Å². The third-order valence-electron chi connectivity index (χ3n) is 2.88. The van der Waals surface area contributed by atoms with Crippen LogP contribution in [0.4, 0.5) is 10.7 Å². The van der Waals surface area contributed by atoms with Crippen molar-refractivity contribution < 1.29 is 4.92 Å². The van der Waals surface area contributed by atoms with Crippen LogP contribution < -0.4 is 5.32 Å². The van der Waals surface area contributed by atoms with Gasteiger partial charge < -0.3 is 10.2 Å². The van der Waals surface area contributed by atoms with Crippen LogP contribution >= 0.6 is 22.9 Å². The lowest BCUT2D eigenvalue weighted by molar-refractivity contribution is -0.379. The van der Waals surface area contributed by atoms with Gasteiger partial charge in [0.25, 0.3) is 0 Å². The van der Waals surface area contributed by atoms with Gasteiger partial charge in [0.1, 0.15) is 5.69 Å². The van der Waals surface area contributed by atoms with E-state index in [1.807, 2.05) is 20.2 Å². The number of hydrogen-bond acceptors (Lipinski definition) is 5. The van der Waals surface area contributed by atoms with Gasteiger partial charge in [-0.25, -0.2) is 0 Å². The van der Waals surface area contributed by atoms with Gasteiger partial charge >= 0.3 is 5.00 Å². The summed E-state index contributed by atoms with van der Waals surface area (Å²) < 4.78 is 0.871. The largest absolute Gasteiger partial charge is 0.378 e. The maximum absolute atomic E-state index is 11.2. The number of rotatable bonds is 6. The second-order valence-electron chi connectivity index (χ2n) is 4.76. The van der Waals surface area contributed by atoms with Crippen molar-refractivity contribution in [2.45, 2.75) is 6.42 Å². The van der Waals surface area contributed by atoms with Gasteiger partial charge in [0.2, 0.25) is 0 Å². The number of halogens is 1. The van der Waals surface area contributed by atoms with E-state index >= 15 is 0 Å². The summed E-state index contributed by atoms with van der Waals surface area (Å²) in [6.45, 7) is 1.63. The summed E-state index contributed by atoms with van der Waals surface area (Å²) in [5, 5.41) is 15.9. The Morgan fingerprint density at radius 1 is 1.45 bits per heavy atom. The normalized spacial score (nSPS) is 11.2. The zero-order valence-electron chi connectivity index (χ0n) is 11.4. The molecule has 1 aromatic carbocycles. The van der Waals surface area contributed by atoms with Crippen molar-refractivity contribution in [3.05, 3.63) is 33.3 Å². The molecule has 0 aliphatic rings. The van der Waals surface area contributed by atoms with E-state index in [-0.39, 0.29) is 9.92 Å². The standard InChI is InChI=1S/C13H16ClN3O2S/c1-16(2)7-3-6-15-12-10-8-9(14)4-5-11(10)20-13(12)17(18)19/h4-5,8,15H,3,6-7H2,1-2H3. The van der Waals surface area contributed by atoms with Crippen molar-refractivity contribution in [3.8, 4) is 0 Å². The van der Waals surface area contributed by atoms with Crippen molar-refractivity contribution in [3.63, 3.8) is 0 Å². The molecule has 0 aliphatic heterocycles. The topological polar surface area (TPSA) is 58.4 Å². The van der Waals surface area contributed by atoms with E-state index in [0.29, 0.717) is 17.3 Å². The Labute approximate surface area is 126 Å². The summed E-state index contributed by atoms with van der Waals surface area (Å²) in [5.41, 5.74) is 0.580. The quantitative estimate of drug-likeness (QED) is 0.500. The summed E-state index contributed by atoms with van der Waals surface area (Å²) >= 11 is 7.16. The Morgan fingerprint density at radius 3 is 2.85 bits per heavy atom. The number of hydrogen-bond donors (Lipinski definition) is 1. The second-order valence-corrected chi connectivity index (χ2v) is 6.23. The molecular weight excluding hydrogens is 298 g/mol. The molecule has 0 amide bonds. The molecule has 0 unspecified atom stereocenters. The number of thiophene rings is 1. The highest BCUT2D eigenvalue weighted by atomic mass is 35.5. The molecular formula is C13H16ClN3O2S. The van der Waals surface area contributed by atoms with Crippen LogP contribution in [0.25, 0.3) is 10.1 Å². The zero-order valence-corrected chi connectivity index (χ0v) is 12.9. The lowest BCUT2D eigenvalue weighted by Gasteiger charge is -2.10. The molecule has 0 fully saturated rings. The second kappa shape index (κ2) is 6.39. The third-order valence-corrected chi connectivity index (χ3v) is 4.24. The fraction of sp³-hybridized carbons (Fsp3) is 0.385. The van der Waals surface area contributed by atoms with Gasteiger partial charge in [-0.3, -0.25) is 10.1 Å². The Hall–Kier alpha value is -1.37. The SMILES string of the molecule is CN(C)CCCNc1c([N+](=O)[O-])sc2ccc(Cl)cc12. The van der Waals surface area contributed by atoms with E-state index in [2.05, 4.69) is 10.2 Å². The van der Waals surface area contributed by atoms with Crippen LogP contribution in [-0.4, -0.2) is 37.0 Å². The molecule has 0 bridgehead atoms. The summed E-state index contributed by atoms with van der Waals surface area (Å²) in [4.78, 5) is 12.9. The summed E-state index contributed by atoms with van der Waals surface area (Å²) in [6.07, 6.45) is 0.919. The number of nitrogens with zero attached hydrogens (tertiary/aromatic N) is 2. The Bertz CT molecular complexity index is 627. The summed E-state index contributed by atoms with van der Waals surface area (Å²) in [6, 6.07) is 5.34. The van der Waals surface area contributed by atoms with E-state index in [4.69, 9.17) is 11.6 Å². The highest BCUT2D eigenvalue weighted by Crippen LogP contribution is 2.42. The summed E-state index contributed by atoms with van der Waals surface area (Å²) in [5.74, 6) is 0. The average molecular weight is 314 g/mol. The molecule has 7 heteroatoms. The lowest BCUT2D eigenvalue weighted by Crippen LogP contribution is -2.16. The maximum Gasteiger partial charge on any atom is 0.348 e. The van der Waals surface area contributed by atoms with Crippen LogP contribution in [0.1, 0.15) is 6.42 Å². The predicted octanol–water partition coefficient (Wildman–Crippen LogP) is 3.83. The molecule has 0 saturated heterocycles. The zero-order chi connectivity index (χ0) is 14.7. The number of nitrogens with one attached hydrogen (secondary N) is 1. The van der Waals surface area contributed by atoms with Crippen molar-refractivity contribution in [1.82, 2.24) is 4.90 Å². The first-order valence-corrected chi connectivity index (χ1v) is 7.43. The number of nitro groups is 1. The first-order valence-electron chi connectivity index (χ1n) is 6.24. The first-order chi connectivity index (χ1) is 9.49. The molecule has 0 saturated carbocycles. The minimum atomic E-state index is -0.340. The van der Waals surface area contributed by atoms with Crippen molar-refractivity contribution in [1.29, 1.82) is 0 Å². The van der Waals surface area contributed by atoms with E-state index in [9.17, 15) is 10.1 Å². The molecule has 1 heterocycles. The van der Waals surface area contributed by atoms with Crippen molar-refractivity contribution in [2.24, 2.45) is 0 Å². The molecule has 1 aromatic heterocycles. The molecule has 0 atom stereocenters. The smallest absolute Gasteiger partial charge is 0.348 e. The van der Waals surface area contributed by atoms with Gasteiger partial charge in [-0.2, -0.15) is 0 Å². The van der Waals surface area contributed by atoms with E-state index in [0.717, 1.165) is 23.1 Å². The fourth-order valence-electron chi connectivity index (χ4n) is 1.97. The van der Waals surface area contributed by atoms with Crippen LogP contribution in [0, 0.1) is 10.1 Å². The van der Waals surface area contributed by atoms with Gasteiger partial charge in [-0.15, -0.1) is 0 Å². The molecule has 108 valence electrons. The maximum atomic E-state index is 11.2. The third kappa shape index (κ3) is 3.39. The van der Waals surface area contributed by atoms with Crippen LogP contribution in [0.2, 0.25) is 5.02 Å². The van der Waals surface area contributed by atoms with Crippen LogP contribution in [0.15, 0.2) is 18.2 Å². The number of benzene rings is 1. The number of anilines is 1. The molecule has 0 spiro atoms. The van der Waals surface area contributed by atoms with Gasteiger partial charge in [0.15, 0.2) is 0 Å². The van der Waals surface area contributed by atoms with Gasteiger partial charge in [0.05, 0.1) is 4.92 Å². The Kier molecular flexibility index (Phi) is 4.80. The number of fused-ring (bicyclic) bond motifs is 1. The van der Waals surface area contributed by atoms with Crippen LogP contribution in [0.5, 0.6) is 0 Å². The predicted molar refractivity (Wildman–Crippen MR) is 85.2 cm³/mol. The lowest BCUT2D eigenvalue weighted by atomic mass is 10.2. The van der Waals surface area contributed by atoms with Crippen LogP contribution in [0.3, 0.4) is 0 Å². The molecule has 2 aromatic rings. The van der Waals surface area contributed by atoms with Gasteiger partial charge in [0, 0.05) is 21.7 Å². The van der Waals surface area contributed by atoms with E-state index in [1.54, 1.807) is 12.1 Å². The highest BCUT2D eigenvalue weighted by molar-refractivity contribution is 7.23. The molecule has 2 rings (SSSR count). The molecule has 0 radical (unpaired) electrons. The van der Waals surface area contributed by atoms with E-state index in [1.165, 1.54) is 11.3 Å². The molecule has 20 heavy (non-hydrogen) atoms. The fourth-order valence-corrected chi connectivity index (χ4v) is 3.11. The van der Waals surface area contributed by atoms with Crippen molar-refractivity contribution in [2.75, 3.05) is 32.5 Å². The monoisotopic (exact) mass is 313 g/mol. The average Bonchev–Trinajstić information content (AvgIpc) is 2.73. The molecule has 0 aliphatic carbocycles. The summed E-state index contributed by atoms with van der Waals surface area (Å²) in [7, 11) is 4.00. The first kappa shape index (κ1) is 15.0. The Morgan fingerprint density at radius 2 is 2.20 bits per heavy atom. The Balaban J connectivity index is 2.26. The highest BCUT2D eigenvalue weighted by Gasteiger charge is 2.21. The van der Waals surface area contributed by atoms with E-state index < -0.39 is 0 Å². The van der Waals surface area contributed by atoms with Crippen molar-refractivity contribution >= 4 is 43.7 Å². The van der Waals surface area contributed by atoms with Gasteiger partial charge in [-0.05, 0) is 45.3 Å². The minimum absolute atomic E-state index is 0.145. The minimum Gasteiger partial charge on any atom is -0.378 e. The molecule has 5 nitrogen and oxygen atoms in total.